The zero-order valence-electron chi connectivity index (χ0n) is 14.7. The number of esters is 1. The average molecular weight is 452 g/mol. The Bertz CT molecular complexity index is 808. The summed E-state index contributed by atoms with van der Waals surface area (Å²) >= 11 is 9.31. The van der Waals surface area contributed by atoms with Crippen molar-refractivity contribution in [2.75, 3.05) is 32.8 Å². The first-order valence-corrected chi connectivity index (χ1v) is 9.86. The van der Waals surface area contributed by atoms with Crippen LogP contribution in [-0.2, 0) is 16.1 Å². The molecule has 1 heterocycles. The van der Waals surface area contributed by atoms with Crippen LogP contribution < -0.4 is 0 Å². The fourth-order valence-corrected chi connectivity index (χ4v) is 3.50. The highest BCUT2D eigenvalue weighted by atomic mass is 79.9. The summed E-state index contributed by atoms with van der Waals surface area (Å²) in [4.78, 5) is 28.5. The summed E-state index contributed by atoms with van der Waals surface area (Å²) in [7, 11) is 0. The Morgan fingerprint density at radius 3 is 2.44 bits per heavy atom. The molecule has 1 saturated heterocycles. The molecule has 1 aliphatic rings. The maximum atomic E-state index is 12.3. The third kappa shape index (κ3) is 5.54. The van der Waals surface area contributed by atoms with Gasteiger partial charge in [-0.05, 0) is 23.8 Å². The lowest BCUT2D eigenvalue weighted by Crippen LogP contribution is -2.49. The lowest BCUT2D eigenvalue weighted by molar-refractivity contribution is -0.136. The first-order chi connectivity index (χ1) is 13.0. The largest absolute Gasteiger partial charge is 0.452 e. The molecule has 0 saturated carbocycles. The smallest absolute Gasteiger partial charge is 0.340 e. The number of halogens is 2. The topological polar surface area (TPSA) is 49.9 Å². The second-order valence-electron chi connectivity index (χ2n) is 6.34. The van der Waals surface area contributed by atoms with Crippen molar-refractivity contribution in [1.29, 1.82) is 0 Å². The monoisotopic (exact) mass is 450 g/mol. The van der Waals surface area contributed by atoms with Gasteiger partial charge in [-0.15, -0.1) is 0 Å². The minimum atomic E-state index is -0.600. The summed E-state index contributed by atoms with van der Waals surface area (Å²) in [6, 6.07) is 15.2. The van der Waals surface area contributed by atoms with Gasteiger partial charge in [-0.25, -0.2) is 4.79 Å². The quantitative estimate of drug-likeness (QED) is 0.652. The fourth-order valence-electron chi connectivity index (χ4n) is 2.95. The van der Waals surface area contributed by atoms with Crippen LogP contribution in [0.2, 0.25) is 5.02 Å². The molecule has 0 bridgehead atoms. The molecule has 0 aliphatic carbocycles. The van der Waals surface area contributed by atoms with E-state index in [2.05, 4.69) is 33.0 Å². The van der Waals surface area contributed by atoms with Crippen molar-refractivity contribution in [3.63, 3.8) is 0 Å². The first kappa shape index (κ1) is 19.9. The van der Waals surface area contributed by atoms with Crippen LogP contribution in [0.3, 0.4) is 0 Å². The molecule has 0 unspecified atom stereocenters. The van der Waals surface area contributed by atoms with Gasteiger partial charge in [0.2, 0.25) is 0 Å². The van der Waals surface area contributed by atoms with Crippen LogP contribution in [0.15, 0.2) is 53.0 Å². The Morgan fingerprint density at radius 2 is 1.74 bits per heavy atom. The summed E-state index contributed by atoms with van der Waals surface area (Å²) in [6.45, 7) is 3.44. The minimum Gasteiger partial charge on any atom is -0.452 e. The number of hydrogen-bond donors (Lipinski definition) is 0. The number of carbonyl (C=O) groups excluding carboxylic acids is 2. The van der Waals surface area contributed by atoms with E-state index in [1.54, 1.807) is 23.1 Å². The van der Waals surface area contributed by atoms with Gasteiger partial charge in [0.05, 0.1) is 10.6 Å². The van der Waals surface area contributed by atoms with E-state index in [1.165, 1.54) is 5.56 Å². The third-order valence-corrected chi connectivity index (χ3v) is 5.27. The zero-order chi connectivity index (χ0) is 19.2. The second kappa shape index (κ2) is 9.35. The van der Waals surface area contributed by atoms with Gasteiger partial charge in [-0.2, -0.15) is 0 Å². The van der Waals surface area contributed by atoms with E-state index in [9.17, 15) is 9.59 Å². The van der Waals surface area contributed by atoms with Crippen LogP contribution in [0.5, 0.6) is 0 Å². The van der Waals surface area contributed by atoms with Crippen molar-refractivity contribution in [2.24, 2.45) is 0 Å². The summed E-state index contributed by atoms with van der Waals surface area (Å²) in [5.74, 6) is -0.786. The number of nitrogens with zero attached hydrogens (tertiary/aromatic N) is 2. The second-order valence-corrected chi connectivity index (χ2v) is 7.67. The molecule has 2 aromatic carbocycles. The maximum absolute atomic E-state index is 12.3. The molecule has 0 N–H and O–H groups in total. The Morgan fingerprint density at radius 1 is 1.04 bits per heavy atom. The molecule has 3 rings (SSSR count). The van der Waals surface area contributed by atoms with Crippen LogP contribution in [0, 0.1) is 0 Å². The molecule has 1 aliphatic heterocycles. The van der Waals surface area contributed by atoms with E-state index in [4.69, 9.17) is 16.3 Å². The Labute approximate surface area is 172 Å². The van der Waals surface area contributed by atoms with Crippen molar-refractivity contribution in [3.8, 4) is 0 Å². The van der Waals surface area contributed by atoms with E-state index in [-0.39, 0.29) is 18.1 Å². The number of ether oxygens (including phenoxy) is 1. The van der Waals surface area contributed by atoms with E-state index in [0.717, 1.165) is 24.1 Å². The maximum Gasteiger partial charge on any atom is 0.340 e. The predicted octanol–water partition coefficient (Wildman–Crippen LogP) is 3.60. The highest BCUT2D eigenvalue weighted by Crippen LogP contribution is 2.21. The van der Waals surface area contributed by atoms with Gasteiger partial charge in [0, 0.05) is 37.2 Å². The van der Waals surface area contributed by atoms with Crippen LogP contribution >= 0.6 is 27.5 Å². The van der Waals surface area contributed by atoms with Crippen LogP contribution in [-0.4, -0.2) is 54.5 Å². The number of piperazine rings is 1. The highest BCUT2D eigenvalue weighted by molar-refractivity contribution is 9.10. The highest BCUT2D eigenvalue weighted by Gasteiger charge is 2.22. The summed E-state index contributed by atoms with van der Waals surface area (Å²) in [5.41, 5.74) is 1.50. The molecule has 0 spiro atoms. The normalized spacial score (nSPS) is 14.8. The van der Waals surface area contributed by atoms with E-state index < -0.39 is 5.97 Å². The van der Waals surface area contributed by atoms with Crippen molar-refractivity contribution < 1.29 is 14.3 Å². The van der Waals surface area contributed by atoms with Gasteiger partial charge in [0.1, 0.15) is 0 Å². The Kier molecular flexibility index (Phi) is 6.88. The number of hydrogen-bond acceptors (Lipinski definition) is 4. The molecule has 2 aromatic rings. The zero-order valence-corrected chi connectivity index (χ0v) is 17.1. The van der Waals surface area contributed by atoms with Gasteiger partial charge in [-0.3, -0.25) is 9.69 Å². The predicted molar refractivity (Wildman–Crippen MR) is 108 cm³/mol. The lowest BCUT2D eigenvalue weighted by Gasteiger charge is -2.34. The van der Waals surface area contributed by atoms with Crippen LogP contribution in [0.4, 0.5) is 0 Å². The van der Waals surface area contributed by atoms with Crippen molar-refractivity contribution in [3.05, 3.63) is 69.2 Å². The summed E-state index contributed by atoms with van der Waals surface area (Å²) < 4.78 is 5.87. The molecule has 0 radical (unpaired) electrons. The molecule has 142 valence electrons. The molecular formula is C20H20BrClN2O3. The molecule has 5 nitrogen and oxygen atoms in total. The third-order valence-electron chi connectivity index (χ3n) is 4.45. The SMILES string of the molecule is O=C(OCC(=O)N1CCN(Cc2ccccc2)CC1)c1cc(Br)ccc1Cl. The van der Waals surface area contributed by atoms with Gasteiger partial charge in [0.15, 0.2) is 6.61 Å². The molecule has 7 heteroatoms. The minimum absolute atomic E-state index is 0.186. The van der Waals surface area contributed by atoms with E-state index in [0.29, 0.717) is 18.1 Å². The number of benzene rings is 2. The molecule has 1 amide bonds. The van der Waals surface area contributed by atoms with Crippen molar-refractivity contribution in [2.45, 2.75) is 6.54 Å². The molecule has 1 fully saturated rings. The molecule has 27 heavy (non-hydrogen) atoms. The summed E-state index contributed by atoms with van der Waals surface area (Å²) in [6.07, 6.45) is 0. The van der Waals surface area contributed by atoms with Gasteiger partial charge in [-0.1, -0.05) is 57.9 Å². The van der Waals surface area contributed by atoms with Crippen LogP contribution in [0.1, 0.15) is 15.9 Å². The first-order valence-electron chi connectivity index (χ1n) is 8.69. The number of amides is 1. The Balaban J connectivity index is 1.45. The standard InChI is InChI=1S/C20H20BrClN2O3/c21-16-6-7-18(22)17(12-16)20(26)27-14-19(25)24-10-8-23(9-11-24)13-15-4-2-1-3-5-15/h1-7,12H,8-11,13-14H2. The Hall–Kier alpha value is -1.89. The van der Waals surface area contributed by atoms with Crippen LogP contribution in [0.25, 0.3) is 0 Å². The van der Waals surface area contributed by atoms with E-state index >= 15 is 0 Å². The average Bonchev–Trinajstić information content (AvgIpc) is 2.69. The van der Waals surface area contributed by atoms with Crippen molar-refractivity contribution in [1.82, 2.24) is 9.80 Å². The fraction of sp³-hybridized carbons (Fsp3) is 0.300. The van der Waals surface area contributed by atoms with Gasteiger partial charge >= 0.3 is 5.97 Å². The molecule has 0 atom stereocenters. The van der Waals surface area contributed by atoms with Gasteiger partial charge < -0.3 is 9.64 Å². The molecule has 0 aromatic heterocycles. The van der Waals surface area contributed by atoms with E-state index in [1.807, 2.05) is 18.2 Å². The number of rotatable bonds is 5. The van der Waals surface area contributed by atoms with Crippen molar-refractivity contribution >= 4 is 39.4 Å². The number of carbonyl (C=O) groups is 2. The van der Waals surface area contributed by atoms with Gasteiger partial charge in [0.25, 0.3) is 5.91 Å². The lowest BCUT2D eigenvalue weighted by atomic mass is 10.2. The molecular weight excluding hydrogens is 432 g/mol. The summed E-state index contributed by atoms with van der Waals surface area (Å²) in [5, 5.41) is 0.296.